The Hall–Kier alpha value is -1.47. The van der Waals surface area contributed by atoms with Crippen molar-refractivity contribution in [2.45, 2.75) is 232 Å². The monoisotopic (exact) mass is 785 g/mol. The first-order valence-corrected chi connectivity index (χ1v) is 24.1. The summed E-state index contributed by atoms with van der Waals surface area (Å²) >= 11 is 0. The number of allylic oxidation sites excluding steroid dienone is 4. The molecule has 0 aliphatic carbocycles. The number of rotatable bonds is 42. The molecule has 54 heavy (non-hydrogen) atoms. The Morgan fingerprint density at radius 2 is 0.889 bits per heavy atom. The molecule has 0 aromatic heterocycles. The van der Waals surface area contributed by atoms with Gasteiger partial charge in [-0.3, -0.25) is 18.6 Å². The molecule has 0 bridgehead atoms. The number of carbonyl (C=O) groups excluding carboxylic acids is 2. The molecule has 0 aromatic carbocycles. The zero-order chi connectivity index (χ0) is 39.6. The molecule has 9 heteroatoms. The van der Waals surface area contributed by atoms with Gasteiger partial charge in [-0.25, -0.2) is 4.57 Å². The van der Waals surface area contributed by atoms with Gasteiger partial charge in [-0.2, -0.15) is 0 Å². The van der Waals surface area contributed by atoms with Gasteiger partial charge in [-0.15, -0.1) is 0 Å². The summed E-state index contributed by atoms with van der Waals surface area (Å²) < 4.78 is 32.7. The van der Waals surface area contributed by atoms with Crippen molar-refractivity contribution >= 4 is 19.8 Å². The predicted molar refractivity (Wildman–Crippen MR) is 226 cm³/mol. The Morgan fingerprint density at radius 3 is 1.31 bits per heavy atom. The molecular formula is C45H85O8P. The molecule has 8 nitrogen and oxygen atoms in total. The van der Waals surface area contributed by atoms with E-state index < -0.39 is 26.5 Å². The van der Waals surface area contributed by atoms with Gasteiger partial charge in [0.05, 0.1) is 13.2 Å². The van der Waals surface area contributed by atoms with Gasteiger partial charge in [-0.05, 0) is 51.9 Å². The third kappa shape index (κ3) is 40.2. The minimum Gasteiger partial charge on any atom is -0.462 e. The molecular weight excluding hydrogens is 699 g/mol. The van der Waals surface area contributed by atoms with Crippen LogP contribution in [0.3, 0.4) is 0 Å². The topological polar surface area (TPSA) is 108 Å². The second-order valence-corrected chi connectivity index (χ2v) is 16.5. The highest BCUT2D eigenvalue weighted by Gasteiger charge is 2.25. The van der Waals surface area contributed by atoms with Crippen LogP contribution >= 0.6 is 7.82 Å². The molecule has 0 heterocycles. The third-order valence-corrected chi connectivity index (χ3v) is 10.8. The number of ether oxygens (including phenoxy) is 2. The molecule has 0 radical (unpaired) electrons. The number of hydrogen-bond donors (Lipinski definition) is 1. The van der Waals surface area contributed by atoms with Crippen molar-refractivity contribution in [1.82, 2.24) is 0 Å². The van der Waals surface area contributed by atoms with E-state index in [2.05, 4.69) is 38.2 Å². The van der Waals surface area contributed by atoms with Crippen LogP contribution < -0.4 is 0 Å². The lowest BCUT2D eigenvalue weighted by molar-refractivity contribution is -0.161. The molecule has 0 saturated heterocycles. The molecule has 0 amide bonds. The molecule has 2 atom stereocenters. The summed E-state index contributed by atoms with van der Waals surface area (Å²) in [6, 6.07) is 0. The lowest BCUT2D eigenvalue weighted by atomic mass is 10.0. The van der Waals surface area contributed by atoms with E-state index in [4.69, 9.17) is 18.5 Å². The Labute approximate surface area is 333 Å². The number of unbranched alkanes of at least 4 members (excludes halogenated alkanes) is 26. The molecule has 318 valence electrons. The highest BCUT2D eigenvalue weighted by molar-refractivity contribution is 7.47. The molecule has 0 aliphatic heterocycles. The first kappa shape index (κ1) is 52.5. The average molecular weight is 785 g/mol. The zero-order valence-electron chi connectivity index (χ0n) is 35.4. The Kier molecular flexibility index (Phi) is 40.1. The van der Waals surface area contributed by atoms with E-state index in [1.54, 1.807) is 6.92 Å². The Bertz CT molecular complexity index is 937. The molecule has 0 aliphatic rings. The van der Waals surface area contributed by atoms with Crippen molar-refractivity contribution in [2.75, 3.05) is 19.8 Å². The summed E-state index contributed by atoms with van der Waals surface area (Å²) in [5.74, 6) is -0.793. The van der Waals surface area contributed by atoms with Gasteiger partial charge in [0, 0.05) is 12.8 Å². The van der Waals surface area contributed by atoms with Crippen LogP contribution in [0.4, 0.5) is 0 Å². The van der Waals surface area contributed by atoms with E-state index in [-0.39, 0.29) is 25.6 Å². The van der Waals surface area contributed by atoms with Crippen molar-refractivity contribution in [3.8, 4) is 0 Å². The number of phosphoric ester groups is 1. The number of hydrogen-bond acceptors (Lipinski definition) is 7. The maximum absolute atomic E-state index is 12.6. The van der Waals surface area contributed by atoms with Gasteiger partial charge in [0.25, 0.3) is 0 Å². The highest BCUT2D eigenvalue weighted by Crippen LogP contribution is 2.43. The van der Waals surface area contributed by atoms with Gasteiger partial charge in [0.1, 0.15) is 6.61 Å². The highest BCUT2D eigenvalue weighted by atomic mass is 31.2. The fraction of sp³-hybridized carbons (Fsp3) is 0.867. The first-order valence-electron chi connectivity index (χ1n) is 22.6. The lowest BCUT2D eigenvalue weighted by Crippen LogP contribution is -2.29. The maximum Gasteiger partial charge on any atom is 0.472 e. The summed E-state index contributed by atoms with van der Waals surface area (Å²) in [5.41, 5.74) is 0. The predicted octanol–water partition coefficient (Wildman–Crippen LogP) is 14.2. The Morgan fingerprint density at radius 1 is 0.500 bits per heavy atom. The minimum absolute atomic E-state index is 0.00158. The van der Waals surface area contributed by atoms with Gasteiger partial charge in [0.2, 0.25) is 0 Å². The van der Waals surface area contributed by atoms with Crippen molar-refractivity contribution in [3.05, 3.63) is 24.3 Å². The molecule has 0 fully saturated rings. The molecule has 0 saturated carbocycles. The maximum atomic E-state index is 12.6. The van der Waals surface area contributed by atoms with Crippen molar-refractivity contribution in [3.63, 3.8) is 0 Å². The standard InChI is InChI=1S/C45H85O8P/c1-4-7-9-11-13-15-17-19-20-21-22-23-24-25-26-28-30-32-34-36-38-40-45(47)53-43(42-52-54(48,49)51-6-3)41-50-44(46)39-37-35-33-31-29-27-18-16-14-12-10-8-5-2/h17,19,21-22,43H,4-16,18,20,23-42H2,1-3H3,(H,48,49)/b19-17-,22-21-. The fourth-order valence-corrected chi connectivity index (χ4v) is 7.18. The van der Waals surface area contributed by atoms with Gasteiger partial charge in [0.15, 0.2) is 6.10 Å². The van der Waals surface area contributed by atoms with Crippen LogP contribution in [0.25, 0.3) is 0 Å². The third-order valence-electron chi connectivity index (χ3n) is 9.76. The summed E-state index contributed by atoms with van der Waals surface area (Å²) in [7, 11) is -4.28. The molecule has 0 rings (SSSR count). The van der Waals surface area contributed by atoms with Gasteiger partial charge < -0.3 is 14.4 Å². The quantitative estimate of drug-likeness (QED) is 0.0282. The normalized spacial score (nSPS) is 13.5. The van der Waals surface area contributed by atoms with Crippen molar-refractivity contribution < 1.29 is 37.6 Å². The van der Waals surface area contributed by atoms with E-state index in [9.17, 15) is 19.0 Å². The zero-order valence-corrected chi connectivity index (χ0v) is 36.3. The smallest absolute Gasteiger partial charge is 0.462 e. The second-order valence-electron chi connectivity index (χ2n) is 15.1. The van der Waals surface area contributed by atoms with Crippen LogP contribution in [-0.4, -0.2) is 42.8 Å². The fourth-order valence-electron chi connectivity index (χ4n) is 6.43. The molecule has 1 N–H and O–H groups in total. The Balaban J connectivity index is 4.02. The molecule has 2 unspecified atom stereocenters. The number of phosphoric acid groups is 1. The van der Waals surface area contributed by atoms with Crippen molar-refractivity contribution in [2.24, 2.45) is 0 Å². The van der Waals surface area contributed by atoms with Crippen molar-refractivity contribution in [1.29, 1.82) is 0 Å². The van der Waals surface area contributed by atoms with Crippen LogP contribution in [0.15, 0.2) is 24.3 Å². The summed E-state index contributed by atoms with van der Waals surface area (Å²) in [6.45, 7) is 5.48. The second kappa shape index (κ2) is 41.2. The summed E-state index contributed by atoms with van der Waals surface area (Å²) in [4.78, 5) is 34.8. The van der Waals surface area contributed by atoms with Crippen LogP contribution in [0, 0.1) is 0 Å². The summed E-state index contributed by atoms with van der Waals surface area (Å²) in [5, 5.41) is 0. The van der Waals surface area contributed by atoms with Gasteiger partial charge in [-0.1, -0.05) is 186 Å². The average Bonchev–Trinajstić information content (AvgIpc) is 3.15. The minimum atomic E-state index is -4.28. The van der Waals surface area contributed by atoms with Crippen LogP contribution in [0.1, 0.15) is 226 Å². The van der Waals surface area contributed by atoms with Crippen LogP contribution in [-0.2, 0) is 32.7 Å². The molecule has 0 spiro atoms. The van der Waals surface area contributed by atoms with Crippen LogP contribution in [0.5, 0.6) is 0 Å². The van der Waals surface area contributed by atoms with E-state index >= 15 is 0 Å². The largest absolute Gasteiger partial charge is 0.472 e. The van der Waals surface area contributed by atoms with E-state index in [0.29, 0.717) is 12.8 Å². The first-order chi connectivity index (χ1) is 26.3. The van der Waals surface area contributed by atoms with E-state index in [1.807, 2.05) is 0 Å². The number of esters is 2. The van der Waals surface area contributed by atoms with E-state index in [0.717, 1.165) is 44.9 Å². The lowest BCUT2D eigenvalue weighted by Gasteiger charge is -2.19. The van der Waals surface area contributed by atoms with Gasteiger partial charge >= 0.3 is 19.8 Å². The number of carbonyl (C=O) groups is 2. The van der Waals surface area contributed by atoms with E-state index in [1.165, 1.54) is 141 Å². The summed E-state index contributed by atoms with van der Waals surface area (Å²) in [6.07, 6.45) is 45.1. The SMILES string of the molecule is CCCCCCC/C=C\C/C=C\CCCCCCCCCCCC(=O)OC(COC(=O)CCCCCCCCCCCCCCC)COP(=O)(O)OCC. The molecule has 0 aromatic rings. The van der Waals surface area contributed by atoms with Crippen LogP contribution in [0.2, 0.25) is 0 Å².